The topological polar surface area (TPSA) is 29.5 Å². The van der Waals surface area contributed by atoms with E-state index in [2.05, 4.69) is 0 Å². The minimum Gasteiger partial charge on any atom is -0.496 e. The van der Waals surface area contributed by atoms with Crippen LogP contribution in [-0.4, -0.2) is 12.2 Å². The van der Waals surface area contributed by atoms with Gasteiger partial charge in [-0.15, -0.1) is 0 Å². The van der Waals surface area contributed by atoms with Gasteiger partial charge in [0.2, 0.25) is 0 Å². The predicted octanol–water partition coefficient (Wildman–Crippen LogP) is 3.67. The molecule has 0 aliphatic rings. The van der Waals surface area contributed by atoms with E-state index < -0.39 is 11.9 Å². The molecule has 1 N–H and O–H groups in total. The van der Waals surface area contributed by atoms with E-state index >= 15 is 0 Å². The Hall–Kier alpha value is -1.94. The van der Waals surface area contributed by atoms with E-state index in [0.29, 0.717) is 16.7 Å². The van der Waals surface area contributed by atoms with Crippen molar-refractivity contribution in [1.82, 2.24) is 0 Å². The molecule has 2 aromatic rings. The maximum atomic E-state index is 14.0. The number of halogens is 2. The van der Waals surface area contributed by atoms with Gasteiger partial charge in [-0.05, 0) is 54.8 Å². The van der Waals surface area contributed by atoms with Crippen molar-refractivity contribution < 1.29 is 18.6 Å². The van der Waals surface area contributed by atoms with Gasteiger partial charge in [0.25, 0.3) is 0 Å². The van der Waals surface area contributed by atoms with Gasteiger partial charge in [-0.1, -0.05) is 6.07 Å². The molecule has 2 nitrogen and oxygen atoms in total. The van der Waals surface area contributed by atoms with Crippen LogP contribution in [0.5, 0.6) is 5.75 Å². The molecule has 0 fully saturated rings. The van der Waals surface area contributed by atoms with Crippen molar-refractivity contribution in [2.45, 2.75) is 20.0 Å². The Morgan fingerprint density at radius 3 is 2.20 bits per heavy atom. The Kier molecular flexibility index (Phi) is 4.04. The first-order chi connectivity index (χ1) is 9.45. The Bertz CT molecular complexity index is 615. The predicted molar refractivity (Wildman–Crippen MR) is 72.9 cm³/mol. The normalized spacial score (nSPS) is 12.3. The lowest BCUT2D eigenvalue weighted by molar-refractivity contribution is 0.207. The van der Waals surface area contributed by atoms with Crippen LogP contribution in [0.3, 0.4) is 0 Å². The summed E-state index contributed by atoms with van der Waals surface area (Å²) in [6, 6.07) is 6.98. The van der Waals surface area contributed by atoms with Gasteiger partial charge >= 0.3 is 0 Å². The number of benzene rings is 2. The van der Waals surface area contributed by atoms with Crippen LogP contribution in [0.15, 0.2) is 30.3 Å². The third kappa shape index (κ3) is 2.51. The molecule has 0 aromatic heterocycles. The molecule has 0 amide bonds. The summed E-state index contributed by atoms with van der Waals surface area (Å²) in [4.78, 5) is 0. The van der Waals surface area contributed by atoms with Crippen LogP contribution < -0.4 is 4.74 Å². The zero-order valence-electron chi connectivity index (χ0n) is 11.6. The number of methoxy groups -OCH3 is 1. The van der Waals surface area contributed by atoms with Gasteiger partial charge in [-0.2, -0.15) is 0 Å². The molecule has 0 saturated heterocycles. The molecule has 0 aliphatic heterocycles. The molecule has 1 unspecified atom stereocenters. The quantitative estimate of drug-likeness (QED) is 0.928. The van der Waals surface area contributed by atoms with E-state index in [0.717, 1.165) is 0 Å². The highest BCUT2D eigenvalue weighted by Gasteiger charge is 2.23. The highest BCUT2D eigenvalue weighted by molar-refractivity contribution is 5.46. The Morgan fingerprint density at radius 1 is 1.05 bits per heavy atom. The third-order valence-corrected chi connectivity index (χ3v) is 3.34. The number of aliphatic hydroxyl groups is 1. The minimum absolute atomic E-state index is 0.0628. The first-order valence-electron chi connectivity index (χ1n) is 6.22. The van der Waals surface area contributed by atoms with E-state index in [-0.39, 0.29) is 17.1 Å². The summed E-state index contributed by atoms with van der Waals surface area (Å²) >= 11 is 0. The summed E-state index contributed by atoms with van der Waals surface area (Å²) in [7, 11) is 1.41. The van der Waals surface area contributed by atoms with Crippen molar-refractivity contribution in [2.75, 3.05) is 7.11 Å². The summed E-state index contributed by atoms with van der Waals surface area (Å²) in [6.45, 7) is 3.36. The summed E-state index contributed by atoms with van der Waals surface area (Å²) in [6.07, 6.45) is -1.20. The van der Waals surface area contributed by atoms with Gasteiger partial charge in [0, 0.05) is 0 Å². The van der Waals surface area contributed by atoms with Gasteiger partial charge < -0.3 is 9.84 Å². The Balaban J connectivity index is 2.61. The molecule has 20 heavy (non-hydrogen) atoms. The second-order valence-electron chi connectivity index (χ2n) is 4.71. The molecular weight excluding hydrogens is 262 g/mol. The van der Waals surface area contributed by atoms with Crippen molar-refractivity contribution in [2.24, 2.45) is 0 Å². The Labute approximate surface area is 116 Å². The smallest absolute Gasteiger partial charge is 0.133 e. The average Bonchev–Trinajstić information content (AvgIpc) is 2.36. The third-order valence-electron chi connectivity index (χ3n) is 3.34. The molecule has 0 spiro atoms. The van der Waals surface area contributed by atoms with Crippen molar-refractivity contribution >= 4 is 0 Å². The SMILES string of the molecule is COc1cccc(F)c1C(O)c1c(C)cc(F)cc1C. The summed E-state index contributed by atoms with van der Waals surface area (Å²) in [5.41, 5.74) is 1.70. The monoisotopic (exact) mass is 278 g/mol. The van der Waals surface area contributed by atoms with Crippen LogP contribution in [0.4, 0.5) is 8.78 Å². The van der Waals surface area contributed by atoms with Crippen LogP contribution in [-0.2, 0) is 0 Å². The zero-order valence-corrected chi connectivity index (χ0v) is 11.6. The fourth-order valence-electron chi connectivity index (χ4n) is 2.46. The lowest BCUT2D eigenvalue weighted by atomic mass is 9.92. The average molecular weight is 278 g/mol. The highest BCUT2D eigenvalue weighted by Crippen LogP contribution is 2.35. The summed E-state index contributed by atoms with van der Waals surface area (Å²) in [5, 5.41) is 10.5. The van der Waals surface area contributed by atoms with Crippen molar-refractivity contribution in [1.29, 1.82) is 0 Å². The largest absolute Gasteiger partial charge is 0.496 e. The van der Waals surface area contributed by atoms with Crippen LogP contribution >= 0.6 is 0 Å². The van der Waals surface area contributed by atoms with Gasteiger partial charge in [-0.3, -0.25) is 0 Å². The molecule has 0 saturated carbocycles. The molecule has 106 valence electrons. The molecule has 1 atom stereocenters. The van der Waals surface area contributed by atoms with Crippen LogP contribution in [0.25, 0.3) is 0 Å². The molecule has 0 aliphatic carbocycles. The highest BCUT2D eigenvalue weighted by atomic mass is 19.1. The second-order valence-corrected chi connectivity index (χ2v) is 4.71. The number of rotatable bonds is 3. The number of aryl methyl sites for hydroxylation is 2. The second kappa shape index (κ2) is 5.59. The van der Waals surface area contributed by atoms with Crippen molar-refractivity contribution in [3.63, 3.8) is 0 Å². The first-order valence-corrected chi connectivity index (χ1v) is 6.22. The van der Waals surface area contributed by atoms with E-state index in [1.165, 1.54) is 31.4 Å². The van der Waals surface area contributed by atoms with E-state index in [1.807, 2.05) is 0 Å². The van der Waals surface area contributed by atoms with Gasteiger partial charge in [0.15, 0.2) is 0 Å². The first kappa shape index (κ1) is 14.5. The molecular formula is C16H16F2O2. The van der Waals surface area contributed by atoms with Crippen LogP contribution in [0, 0.1) is 25.5 Å². The van der Waals surface area contributed by atoms with E-state index in [9.17, 15) is 13.9 Å². The number of aliphatic hydroxyl groups excluding tert-OH is 1. The maximum absolute atomic E-state index is 14.0. The minimum atomic E-state index is -1.20. The molecule has 2 aromatic carbocycles. The molecule has 0 bridgehead atoms. The zero-order chi connectivity index (χ0) is 14.9. The lowest BCUT2D eigenvalue weighted by Crippen LogP contribution is -2.09. The Morgan fingerprint density at radius 2 is 1.65 bits per heavy atom. The molecule has 0 radical (unpaired) electrons. The molecule has 2 rings (SSSR count). The van der Waals surface area contributed by atoms with Crippen molar-refractivity contribution in [3.05, 3.63) is 64.2 Å². The maximum Gasteiger partial charge on any atom is 0.133 e. The fourth-order valence-corrected chi connectivity index (χ4v) is 2.46. The van der Waals surface area contributed by atoms with Gasteiger partial charge in [0.05, 0.1) is 12.7 Å². The fraction of sp³-hybridized carbons (Fsp3) is 0.250. The number of ether oxygens (including phenoxy) is 1. The van der Waals surface area contributed by atoms with Crippen LogP contribution in [0.2, 0.25) is 0 Å². The standard InChI is InChI=1S/C16H16F2O2/c1-9-7-11(17)8-10(2)14(9)16(19)15-12(18)5-4-6-13(15)20-3/h4-8,16,19H,1-3H3. The van der Waals surface area contributed by atoms with Gasteiger partial charge in [-0.25, -0.2) is 8.78 Å². The van der Waals surface area contributed by atoms with Crippen LogP contribution in [0.1, 0.15) is 28.4 Å². The summed E-state index contributed by atoms with van der Waals surface area (Å²) in [5.74, 6) is -0.669. The number of hydrogen-bond acceptors (Lipinski definition) is 2. The lowest BCUT2D eigenvalue weighted by Gasteiger charge is -2.20. The summed E-state index contributed by atoms with van der Waals surface area (Å²) < 4.78 is 32.4. The van der Waals surface area contributed by atoms with E-state index in [4.69, 9.17) is 4.74 Å². The van der Waals surface area contributed by atoms with Crippen molar-refractivity contribution in [3.8, 4) is 5.75 Å². The molecule has 4 heteroatoms. The molecule has 0 heterocycles. The van der Waals surface area contributed by atoms with Gasteiger partial charge in [0.1, 0.15) is 23.5 Å². The number of hydrogen-bond donors (Lipinski definition) is 1. The van der Waals surface area contributed by atoms with E-state index in [1.54, 1.807) is 19.9 Å².